The first-order valence-corrected chi connectivity index (χ1v) is 13.3. The number of nitrogens with zero attached hydrogens (tertiary/aromatic N) is 1. The van der Waals surface area contributed by atoms with Gasteiger partial charge >= 0.3 is 6.18 Å². The van der Waals surface area contributed by atoms with Crippen molar-refractivity contribution in [2.24, 2.45) is 0 Å². The molecule has 7 nitrogen and oxygen atoms in total. The number of hydrogen-bond donors (Lipinski definition) is 1. The number of methoxy groups -OCH3 is 2. The summed E-state index contributed by atoms with van der Waals surface area (Å²) in [5.74, 6) is -1.20. The zero-order valence-electron chi connectivity index (χ0n) is 22.9. The summed E-state index contributed by atoms with van der Waals surface area (Å²) in [5.41, 5.74) is 0.851. The largest absolute Gasteiger partial charge is 0.493 e. The Morgan fingerprint density at radius 1 is 0.951 bits per heavy atom. The monoisotopic (exact) mass is 570 g/mol. The fourth-order valence-corrected chi connectivity index (χ4v) is 4.79. The number of benzene rings is 3. The van der Waals surface area contributed by atoms with E-state index in [1.807, 2.05) is 0 Å². The van der Waals surface area contributed by atoms with Crippen molar-refractivity contribution >= 4 is 17.5 Å². The normalized spacial score (nSPS) is 14.7. The van der Waals surface area contributed by atoms with E-state index in [1.54, 1.807) is 48.5 Å². The number of hydrogen-bond acceptors (Lipinski definition) is 5. The first-order valence-electron chi connectivity index (χ1n) is 13.3. The van der Waals surface area contributed by atoms with Gasteiger partial charge in [0.15, 0.2) is 11.5 Å². The van der Waals surface area contributed by atoms with Crippen molar-refractivity contribution in [3.05, 3.63) is 89.5 Å². The van der Waals surface area contributed by atoms with E-state index in [0.29, 0.717) is 54.4 Å². The molecule has 1 N–H and O–H groups in total. The molecule has 2 amide bonds. The van der Waals surface area contributed by atoms with Gasteiger partial charge in [-0.1, -0.05) is 42.5 Å². The van der Waals surface area contributed by atoms with Gasteiger partial charge in [0, 0.05) is 37.6 Å². The SMILES string of the molecule is COc1ccc(N(CCc2ccc(C(F)(F)F)cc2)C(=O)C(C(=O)NC2CCOCC2)c2ccccc2)cc1OC. The van der Waals surface area contributed by atoms with E-state index >= 15 is 0 Å². The molecule has 3 aromatic rings. The minimum absolute atomic E-state index is 0.105. The third-order valence-electron chi connectivity index (χ3n) is 7.06. The lowest BCUT2D eigenvalue weighted by Gasteiger charge is -2.30. The first kappa shape index (κ1) is 29.9. The Bertz CT molecular complexity index is 1310. The Kier molecular flexibility index (Phi) is 9.88. The molecule has 1 heterocycles. The van der Waals surface area contributed by atoms with E-state index < -0.39 is 29.5 Å². The second kappa shape index (κ2) is 13.5. The van der Waals surface area contributed by atoms with Gasteiger partial charge in [-0.2, -0.15) is 13.2 Å². The zero-order chi connectivity index (χ0) is 29.4. The highest BCUT2D eigenvalue weighted by atomic mass is 19.4. The summed E-state index contributed by atoms with van der Waals surface area (Å²) in [6.07, 6.45) is -2.90. The van der Waals surface area contributed by atoms with Gasteiger partial charge in [0.25, 0.3) is 0 Å². The molecule has 4 rings (SSSR count). The number of alkyl halides is 3. The number of rotatable bonds is 10. The number of ether oxygens (including phenoxy) is 3. The number of carbonyl (C=O) groups excluding carboxylic acids is 2. The van der Waals surface area contributed by atoms with E-state index in [0.717, 1.165) is 12.1 Å². The third kappa shape index (κ3) is 7.58. The van der Waals surface area contributed by atoms with Gasteiger partial charge < -0.3 is 24.4 Å². The molecule has 1 aliphatic rings. The summed E-state index contributed by atoms with van der Waals surface area (Å²) in [6, 6.07) is 18.5. The van der Waals surface area contributed by atoms with Crippen molar-refractivity contribution < 1.29 is 37.0 Å². The average molecular weight is 571 g/mol. The van der Waals surface area contributed by atoms with Gasteiger partial charge in [0.1, 0.15) is 5.92 Å². The van der Waals surface area contributed by atoms with Crippen molar-refractivity contribution in [3.63, 3.8) is 0 Å². The van der Waals surface area contributed by atoms with Crippen molar-refractivity contribution in [1.82, 2.24) is 5.32 Å². The molecule has 1 fully saturated rings. The van der Waals surface area contributed by atoms with Gasteiger partial charge in [-0.15, -0.1) is 0 Å². The zero-order valence-corrected chi connectivity index (χ0v) is 22.9. The molecule has 218 valence electrons. The summed E-state index contributed by atoms with van der Waals surface area (Å²) in [6.45, 7) is 1.16. The van der Waals surface area contributed by atoms with Crippen LogP contribution in [0.25, 0.3) is 0 Å². The van der Waals surface area contributed by atoms with Crippen molar-refractivity contribution in [2.75, 3.05) is 38.9 Å². The van der Waals surface area contributed by atoms with E-state index in [-0.39, 0.29) is 19.0 Å². The van der Waals surface area contributed by atoms with Crippen LogP contribution in [0.15, 0.2) is 72.8 Å². The van der Waals surface area contributed by atoms with Crippen LogP contribution in [0.1, 0.15) is 35.4 Å². The number of anilines is 1. The van der Waals surface area contributed by atoms with Gasteiger partial charge in [-0.25, -0.2) is 0 Å². The summed E-state index contributed by atoms with van der Waals surface area (Å²) >= 11 is 0. The maximum absolute atomic E-state index is 14.3. The summed E-state index contributed by atoms with van der Waals surface area (Å²) < 4.78 is 55.4. The van der Waals surface area contributed by atoms with Crippen LogP contribution in [0, 0.1) is 0 Å². The van der Waals surface area contributed by atoms with E-state index in [9.17, 15) is 22.8 Å². The molecule has 1 unspecified atom stereocenters. The van der Waals surface area contributed by atoms with E-state index in [1.165, 1.54) is 31.3 Å². The fraction of sp³-hybridized carbons (Fsp3) is 0.355. The van der Waals surface area contributed by atoms with Gasteiger partial charge in [0.05, 0.1) is 19.8 Å². The van der Waals surface area contributed by atoms with Crippen LogP contribution in [0.5, 0.6) is 11.5 Å². The van der Waals surface area contributed by atoms with Crippen LogP contribution in [-0.4, -0.2) is 51.8 Å². The Labute approximate surface area is 237 Å². The summed E-state index contributed by atoms with van der Waals surface area (Å²) in [5, 5.41) is 3.02. The molecule has 41 heavy (non-hydrogen) atoms. The Hall–Kier alpha value is -4.05. The molecular formula is C31H33F3N2O5. The average Bonchev–Trinajstić information content (AvgIpc) is 2.98. The Morgan fingerprint density at radius 2 is 1.61 bits per heavy atom. The third-order valence-corrected chi connectivity index (χ3v) is 7.06. The second-order valence-electron chi connectivity index (χ2n) is 9.71. The maximum atomic E-state index is 14.3. The lowest BCUT2D eigenvalue weighted by molar-refractivity contribution is -0.137. The van der Waals surface area contributed by atoms with Crippen LogP contribution in [-0.2, 0) is 26.9 Å². The minimum atomic E-state index is -4.44. The molecular weight excluding hydrogens is 537 g/mol. The Balaban J connectivity index is 1.68. The number of halogens is 3. The molecule has 0 spiro atoms. The molecule has 0 bridgehead atoms. The lowest BCUT2D eigenvalue weighted by atomic mass is 9.95. The molecule has 0 aromatic heterocycles. The molecule has 1 saturated heterocycles. The highest BCUT2D eigenvalue weighted by molar-refractivity contribution is 6.12. The van der Waals surface area contributed by atoms with Gasteiger partial charge in [0.2, 0.25) is 11.8 Å². The van der Waals surface area contributed by atoms with Crippen LogP contribution in [0.3, 0.4) is 0 Å². The lowest BCUT2D eigenvalue weighted by Crippen LogP contribution is -2.47. The van der Waals surface area contributed by atoms with Crippen molar-refractivity contribution in [2.45, 2.75) is 37.4 Å². The molecule has 1 atom stereocenters. The molecule has 0 saturated carbocycles. The number of nitrogens with one attached hydrogen (secondary N) is 1. The van der Waals surface area contributed by atoms with Gasteiger partial charge in [-0.3, -0.25) is 9.59 Å². The van der Waals surface area contributed by atoms with Crippen LogP contribution >= 0.6 is 0 Å². The quantitative estimate of drug-likeness (QED) is 0.332. The molecule has 10 heteroatoms. The van der Waals surface area contributed by atoms with Crippen molar-refractivity contribution in [3.8, 4) is 11.5 Å². The molecule has 3 aromatic carbocycles. The summed E-state index contributed by atoms with van der Waals surface area (Å²) in [4.78, 5) is 29.4. The highest BCUT2D eigenvalue weighted by Gasteiger charge is 2.35. The maximum Gasteiger partial charge on any atom is 0.416 e. The minimum Gasteiger partial charge on any atom is -0.493 e. The van der Waals surface area contributed by atoms with Gasteiger partial charge in [-0.05, 0) is 54.7 Å². The van der Waals surface area contributed by atoms with E-state index in [4.69, 9.17) is 14.2 Å². The van der Waals surface area contributed by atoms with Crippen LogP contribution in [0.4, 0.5) is 18.9 Å². The number of amides is 2. The standard InChI is InChI=1S/C31H33F3N2O5/c1-39-26-13-12-25(20-27(26)40-2)36(17-14-21-8-10-23(11-9-21)31(32,33)34)30(38)28(22-6-4-3-5-7-22)29(37)35-24-15-18-41-19-16-24/h3-13,20,24,28H,14-19H2,1-2H3,(H,35,37). The topological polar surface area (TPSA) is 77.1 Å². The molecule has 1 aliphatic heterocycles. The van der Waals surface area contributed by atoms with E-state index in [2.05, 4.69) is 5.32 Å². The van der Waals surface area contributed by atoms with Crippen LogP contribution in [0.2, 0.25) is 0 Å². The molecule has 0 aliphatic carbocycles. The fourth-order valence-electron chi connectivity index (χ4n) is 4.79. The smallest absolute Gasteiger partial charge is 0.416 e. The Morgan fingerprint density at radius 3 is 2.22 bits per heavy atom. The van der Waals surface area contributed by atoms with Crippen LogP contribution < -0.4 is 19.7 Å². The second-order valence-corrected chi connectivity index (χ2v) is 9.71. The predicted molar refractivity (Wildman–Crippen MR) is 148 cm³/mol. The number of carbonyl (C=O) groups is 2. The molecule has 0 radical (unpaired) electrons. The first-order chi connectivity index (χ1) is 19.7. The highest BCUT2D eigenvalue weighted by Crippen LogP contribution is 2.34. The predicted octanol–water partition coefficient (Wildman–Crippen LogP) is 5.38. The summed E-state index contributed by atoms with van der Waals surface area (Å²) in [7, 11) is 2.97. The van der Waals surface area contributed by atoms with Crippen molar-refractivity contribution in [1.29, 1.82) is 0 Å².